The number of ether oxygens (including phenoxy) is 1. The average molecular weight is 601 g/mol. The molecule has 40 heavy (non-hydrogen) atoms. The maximum Gasteiger partial charge on any atom is 0.343 e. The van der Waals surface area contributed by atoms with Gasteiger partial charge in [0.15, 0.2) is 0 Å². The van der Waals surface area contributed by atoms with Crippen LogP contribution in [0.5, 0.6) is 5.75 Å². The number of aromatic amines is 1. The molecular formula is C29H18BrFN4O5. The van der Waals surface area contributed by atoms with E-state index in [0.29, 0.717) is 21.0 Å². The molecule has 0 unspecified atom stereocenters. The predicted molar refractivity (Wildman–Crippen MR) is 151 cm³/mol. The number of para-hydroxylation sites is 1. The number of nitrogens with zero attached hydrogens (tertiary/aromatic N) is 2. The van der Waals surface area contributed by atoms with Crippen LogP contribution in [-0.4, -0.2) is 28.0 Å². The lowest BCUT2D eigenvalue weighted by Crippen LogP contribution is -2.19. The van der Waals surface area contributed by atoms with Crippen molar-refractivity contribution < 1.29 is 23.6 Å². The maximum atomic E-state index is 14.5. The number of nitro benzene ring substituents is 1. The lowest BCUT2D eigenvalue weighted by atomic mass is 10.0. The van der Waals surface area contributed by atoms with Gasteiger partial charge in [0, 0.05) is 33.1 Å². The van der Waals surface area contributed by atoms with Crippen molar-refractivity contribution in [1.82, 2.24) is 10.4 Å². The average Bonchev–Trinajstić information content (AvgIpc) is 3.36. The molecule has 198 valence electrons. The molecular weight excluding hydrogens is 583 g/mol. The van der Waals surface area contributed by atoms with Crippen LogP contribution < -0.4 is 10.2 Å². The van der Waals surface area contributed by atoms with Gasteiger partial charge in [0.2, 0.25) is 0 Å². The van der Waals surface area contributed by atoms with Crippen molar-refractivity contribution in [2.45, 2.75) is 0 Å². The Morgan fingerprint density at radius 2 is 1.75 bits per heavy atom. The van der Waals surface area contributed by atoms with E-state index < -0.39 is 22.6 Å². The van der Waals surface area contributed by atoms with Gasteiger partial charge in [-0.1, -0.05) is 58.4 Å². The molecule has 1 amide bonds. The Hall–Kier alpha value is -5.16. The van der Waals surface area contributed by atoms with Crippen LogP contribution in [0.25, 0.3) is 22.0 Å². The number of benzene rings is 4. The number of carbonyl (C=O) groups excluding carboxylic acids is 2. The van der Waals surface area contributed by atoms with E-state index in [1.54, 1.807) is 24.3 Å². The van der Waals surface area contributed by atoms with E-state index in [1.165, 1.54) is 42.6 Å². The van der Waals surface area contributed by atoms with Gasteiger partial charge in [-0.3, -0.25) is 14.9 Å². The quantitative estimate of drug-likeness (QED) is 0.0712. The van der Waals surface area contributed by atoms with Gasteiger partial charge in [-0.05, 0) is 42.0 Å². The number of hydrogen-bond donors (Lipinski definition) is 2. The van der Waals surface area contributed by atoms with Crippen molar-refractivity contribution in [2.24, 2.45) is 5.10 Å². The highest BCUT2D eigenvalue weighted by atomic mass is 79.9. The van der Waals surface area contributed by atoms with Crippen LogP contribution in [0.4, 0.5) is 10.1 Å². The Balaban J connectivity index is 1.39. The first-order chi connectivity index (χ1) is 19.3. The summed E-state index contributed by atoms with van der Waals surface area (Å²) in [4.78, 5) is 39.0. The molecule has 0 radical (unpaired) electrons. The second-order valence-corrected chi connectivity index (χ2v) is 9.39. The van der Waals surface area contributed by atoms with Crippen molar-refractivity contribution in [2.75, 3.05) is 0 Å². The maximum absolute atomic E-state index is 14.5. The van der Waals surface area contributed by atoms with E-state index >= 15 is 0 Å². The number of aromatic nitrogens is 1. The Morgan fingerprint density at radius 1 is 1.00 bits per heavy atom. The van der Waals surface area contributed by atoms with Crippen molar-refractivity contribution in [3.05, 3.63) is 128 Å². The Labute approximate surface area is 234 Å². The third-order valence-electron chi connectivity index (χ3n) is 5.93. The first-order valence-electron chi connectivity index (χ1n) is 11.8. The molecule has 0 saturated carbocycles. The molecule has 0 fully saturated rings. The zero-order valence-corrected chi connectivity index (χ0v) is 22.0. The highest BCUT2D eigenvalue weighted by Crippen LogP contribution is 2.33. The van der Waals surface area contributed by atoms with Crippen LogP contribution in [0.15, 0.2) is 101 Å². The number of amides is 1. The molecule has 0 bridgehead atoms. The summed E-state index contributed by atoms with van der Waals surface area (Å²) in [5.74, 6) is -1.69. The fourth-order valence-electron chi connectivity index (χ4n) is 4.06. The molecule has 0 aliphatic rings. The highest BCUT2D eigenvalue weighted by molar-refractivity contribution is 9.10. The molecule has 1 aromatic heterocycles. The topological polar surface area (TPSA) is 127 Å². The van der Waals surface area contributed by atoms with Crippen LogP contribution >= 0.6 is 15.9 Å². The van der Waals surface area contributed by atoms with Crippen LogP contribution in [0.1, 0.15) is 26.4 Å². The minimum Gasteiger partial charge on any atom is -0.422 e. The summed E-state index contributed by atoms with van der Waals surface area (Å²) in [6.45, 7) is 0. The summed E-state index contributed by atoms with van der Waals surface area (Å²) < 4.78 is 20.7. The highest BCUT2D eigenvalue weighted by Gasteiger charge is 2.21. The normalized spacial score (nSPS) is 11.1. The minimum atomic E-state index is -0.733. The largest absolute Gasteiger partial charge is 0.422 e. The minimum absolute atomic E-state index is 0.115. The first-order valence-corrected chi connectivity index (χ1v) is 12.6. The van der Waals surface area contributed by atoms with Gasteiger partial charge in [0.05, 0.1) is 22.2 Å². The number of rotatable bonds is 7. The number of fused-ring (bicyclic) bond motifs is 1. The summed E-state index contributed by atoms with van der Waals surface area (Å²) in [5.41, 5.74) is 4.34. The van der Waals surface area contributed by atoms with Crippen molar-refractivity contribution in [3.63, 3.8) is 0 Å². The van der Waals surface area contributed by atoms with Gasteiger partial charge in [0.25, 0.3) is 11.6 Å². The smallest absolute Gasteiger partial charge is 0.343 e. The number of nitrogens with one attached hydrogen (secondary N) is 2. The van der Waals surface area contributed by atoms with E-state index in [2.05, 4.69) is 31.4 Å². The molecule has 0 aliphatic carbocycles. The number of hydrogen-bond acceptors (Lipinski definition) is 6. The van der Waals surface area contributed by atoms with Gasteiger partial charge in [-0.25, -0.2) is 14.6 Å². The molecule has 2 N–H and O–H groups in total. The third-order valence-corrected chi connectivity index (χ3v) is 6.42. The standard InChI is InChI=1S/C29H18BrFN4O5/c30-20-11-14-24(40-29(37)18-9-12-21(13-10-18)35(38)39)19(15-20)16-32-34-28(36)27-25(17-5-2-1-3-6-17)22-7-4-8-23(31)26(22)33-27/h1-16,33H,(H,34,36). The molecule has 5 rings (SSSR count). The zero-order valence-electron chi connectivity index (χ0n) is 20.4. The molecule has 5 aromatic rings. The first kappa shape index (κ1) is 26.4. The number of nitro groups is 1. The number of non-ortho nitro benzene ring substituents is 1. The van der Waals surface area contributed by atoms with E-state index in [0.717, 1.165) is 5.56 Å². The summed E-state index contributed by atoms with van der Waals surface area (Å²) in [7, 11) is 0. The second-order valence-electron chi connectivity index (χ2n) is 8.48. The molecule has 0 saturated heterocycles. The van der Waals surface area contributed by atoms with E-state index in [4.69, 9.17) is 4.74 Å². The van der Waals surface area contributed by atoms with Crippen LogP contribution in [-0.2, 0) is 0 Å². The predicted octanol–water partition coefficient (Wildman–Crippen LogP) is 6.63. The summed E-state index contributed by atoms with van der Waals surface area (Å²) in [6, 6.07) is 23.5. The molecule has 0 aliphatic heterocycles. The molecule has 11 heteroatoms. The number of carbonyl (C=O) groups is 2. The van der Waals surface area contributed by atoms with Gasteiger partial charge >= 0.3 is 5.97 Å². The second kappa shape index (κ2) is 11.3. The molecule has 9 nitrogen and oxygen atoms in total. The van der Waals surface area contributed by atoms with Gasteiger partial charge in [-0.2, -0.15) is 5.10 Å². The lowest BCUT2D eigenvalue weighted by molar-refractivity contribution is -0.384. The van der Waals surface area contributed by atoms with E-state index in [1.807, 2.05) is 30.3 Å². The zero-order chi connectivity index (χ0) is 28.2. The van der Waals surface area contributed by atoms with E-state index in [-0.39, 0.29) is 28.2 Å². The SMILES string of the molecule is O=C(Oc1ccc(Br)cc1C=NNC(=O)c1[nH]c2c(F)cccc2c1-c1ccccc1)c1ccc([N+](=O)[O-])cc1. The van der Waals surface area contributed by atoms with Crippen LogP contribution in [0, 0.1) is 15.9 Å². The summed E-state index contributed by atoms with van der Waals surface area (Å²) >= 11 is 3.35. The molecule has 4 aromatic carbocycles. The third kappa shape index (κ3) is 5.49. The molecule has 1 heterocycles. The fourth-order valence-corrected chi connectivity index (χ4v) is 4.44. The molecule has 0 atom stereocenters. The summed E-state index contributed by atoms with van der Waals surface area (Å²) in [6.07, 6.45) is 1.30. The van der Waals surface area contributed by atoms with Crippen molar-refractivity contribution in [1.29, 1.82) is 0 Å². The number of esters is 1. The van der Waals surface area contributed by atoms with Gasteiger partial charge in [0.1, 0.15) is 17.3 Å². The van der Waals surface area contributed by atoms with Gasteiger partial charge < -0.3 is 9.72 Å². The van der Waals surface area contributed by atoms with E-state index in [9.17, 15) is 24.1 Å². The van der Waals surface area contributed by atoms with Gasteiger partial charge in [-0.15, -0.1) is 0 Å². The number of hydrazone groups is 1. The Morgan fingerprint density at radius 3 is 2.48 bits per heavy atom. The monoisotopic (exact) mass is 600 g/mol. The Bertz CT molecular complexity index is 1790. The van der Waals surface area contributed by atoms with Crippen molar-refractivity contribution in [3.8, 4) is 16.9 Å². The molecule has 0 spiro atoms. The lowest BCUT2D eigenvalue weighted by Gasteiger charge is -2.08. The van der Waals surface area contributed by atoms with Crippen LogP contribution in [0.2, 0.25) is 0 Å². The van der Waals surface area contributed by atoms with Crippen molar-refractivity contribution >= 4 is 50.6 Å². The van der Waals surface area contributed by atoms with Crippen LogP contribution in [0.3, 0.4) is 0 Å². The number of H-pyrrole nitrogens is 1. The summed E-state index contributed by atoms with van der Waals surface area (Å²) in [5, 5.41) is 15.4. The Kier molecular flexibility index (Phi) is 7.47. The fraction of sp³-hybridized carbons (Fsp3) is 0. The number of halogens is 2.